The molecule has 4 rings (SSSR count). The lowest BCUT2D eigenvalue weighted by molar-refractivity contribution is -0.141. The van der Waals surface area contributed by atoms with Gasteiger partial charge < -0.3 is 10.1 Å². The van der Waals surface area contributed by atoms with E-state index in [0.717, 1.165) is 41.8 Å². The second-order valence-corrected chi connectivity index (χ2v) is 11.0. The molecule has 1 N–H and O–H groups in total. The minimum absolute atomic E-state index is 0.130. The van der Waals surface area contributed by atoms with E-state index in [4.69, 9.17) is 16.3 Å². The van der Waals surface area contributed by atoms with Gasteiger partial charge in [-0.15, -0.1) is 0 Å². The van der Waals surface area contributed by atoms with Gasteiger partial charge in [0.25, 0.3) is 5.91 Å². The largest absolute Gasteiger partial charge is 0.478 e. The van der Waals surface area contributed by atoms with Crippen LogP contribution >= 0.6 is 11.6 Å². The zero-order valence-corrected chi connectivity index (χ0v) is 23.2. The third-order valence-corrected chi connectivity index (χ3v) is 7.61. The van der Waals surface area contributed by atoms with E-state index in [1.807, 2.05) is 31.2 Å². The Morgan fingerprint density at radius 2 is 1.92 bits per heavy atom. The summed E-state index contributed by atoms with van der Waals surface area (Å²) in [6.45, 7) is 9.07. The summed E-state index contributed by atoms with van der Waals surface area (Å²) in [5, 5.41) is 3.04. The van der Waals surface area contributed by atoms with Gasteiger partial charge in [-0.05, 0) is 90.5 Å². The van der Waals surface area contributed by atoms with E-state index in [0.29, 0.717) is 41.8 Å². The van der Waals surface area contributed by atoms with Crippen molar-refractivity contribution in [3.05, 3.63) is 70.6 Å². The molecule has 9 heteroatoms. The van der Waals surface area contributed by atoms with Gasteiger partial charge in [-0.1, -0.05) is 44.9 Å². The van der Waals surface area contributed by atoms with Gasteiger partial charge in [0.15, 0.2) is 0 Å². The topological polar surface area (TPSA) is 64.1 Å². The molecule has 3 aromatic rings. The molecule has 0 radical (unpaired) electrons. The molecule has 3 atom stereocenters. The van der Waals surface area contributed by atoms with E-state index in [1.165, 1.54) is 12.5 Å². The molecule has 0 spiro atoms. The maximum absolute atomic E-state index is 13.1. The number of aromatic nitrogens is 2. The molecule has 1 amide bonds. The fraction of sp³-hybridized carbons (Fsp3) is 0.433. The zero-order chi connectivity index (χ0) is 28.3. The van der Waals surface area contributed by atoms with Crippen molar-refractivity contribution in [1.82, 2.24) is 9.97 Å². The van der Waals surface area contributed by atoms with E-state index in [-0.39, 0.29) is 10.7 Å². The average Bonchev–Trinajstić information content (AvgIpc) is 2.88. The number of carbonyl (C=O) groups is 1. The third-order valence-electron chi connectivity index (χ3n) is 7.42. The minimum Gasteiger partial charge on any atom is -0.478 e. The van der Waals surface area contributed by atoms with Crippen LogP contribution in [0, 0.1) is 17.8 Å². The summed E-state index contributed by atoms with van der Waals surface area (Å²) < 4.78 is 45.0. The highest BCUT2D eigenvalue weighted by molar-refractivity contribution is 6.29. The Hall–Kier alpha value is -3.13. The Bertz CT molecular complexity index is 1330. The Morgan fingerprint density at radius 3 is 2.62 bits per heavy atom. The molecule has 0 saturated heterocycles. The fourth-order valence-corrected chi connectivity index (χ4v) is 5.75. The van der Waals surface area contributed by atoms with Crippen LogP contribution in [-0.4, -0.2) is 22.5 Å². The van der Waals surface area contributed by atoms with Crippen molar-refractivity contribution in [2.24, 2.45) is 17.8 Å². The second-order valence-electron chi connectivity index (χ2n) is 10.6. The molecular formula is C30H33ClF3N3O2. The van der Waals surface area contributed by atoms with Gasteiger partial charge in [0, 0.05) is 23.5 Å². The Labute approximate surface area is 232 Å². The van der Waals surface area contributed by atoms with Gasteiger partial charge in [-0.25, -0.2) is 4.98 Å². The first-order valence-corrected chi connectivity index (χ1v) is 13.6. The van der Waals surface area contributed by atoms with E-state index < -0.39 is 17.8 Å². The fourth-order valence-electron chi connectivity index (χ4n) is 5.55. The Kier molecular flexibility index (Phi) is 8.84. The summed E-state index contributed by atoms with van der Waals surface area (Å²) >= 11 is 6.37. The number of nitrogens with one attached hydrogen (secondary N) is 1. The van der Waals surface area contributed by atoms with Crippen molar-refractivity contribution in [3.63, 3.8) is 0 Å². The van der Waals surface area contributed by atoms with Crippen LogP contribution in [0.5, 0.6) is 5.88 Å². The maximum Gasteiger partial charge on any atom is 0.433 e. The third kappa shape index (κ3) is 6.90. The molecule has 1 fully saturated rings. The van der Waals surface area contributed by atoms with E-state index in [1.54, 1.807) is 6.07 Å². The molecule has 0 bridgehead atoms. The van der Waals surface area contributed by atoms with Gasteiger partial charge in [0.1, 0.15) is 10.8 Å². The number of carbonyl (C=O) groups excluding carboxylic acids is 1. The predicted octanol–water partition coefficient (Wildman–Crippen LogP) is 8.64. The van der Waals surface area contributed by atoms with Crippen molar-refractivity contribution in [2.75, 3.05) is 11.9 Å². The smallest absolute Gasteiger partial charge is 0.433 e. The summed E-state index contributed by atoms with van der Waals surface area (Å²) in [6, 6.07) is 11.3. The molecule has 39 heavy (non-hydrogen) atoms. The Morgan fingerprint density at radius 1 is 1.15 bits per heavy atom. The number of pyridine rings is 2. The summed E-state index contributed by atoms with van der Waals surface area (Å²) in [6.07, 6.45) is -0.308. The molecule has 2 aromatic heterocycles. The van der Waals surface area contributed by atoms with Gasteiger partial charge in [-0.3, -0.25) is 9.78 Å². The summed E-state index contributed by atoms with van der Waals surface area (Å²) in [7, 11) is 0. The van der Waals surface area contributed by atoms with Crippen molar-refractivity contribution in [1.29, 1.82) is 0 Å². The second kappa shape index (κ2) is 11.9. The van der Waals surface area contributed by atoms with Crippen LogP contribution in [-0.2, 0) is 6.18 Å². The van der Waals surface area contributed by atoms with Crippen molar-refractivity contribution < 1.29 is 22.7 Å². The lowest BCUT2D eigenvalue weighted by Crippen LogP contribution is -2.26. The number of alkyl halides is 3. The summed E-state index contributed by atoms with van der Waals surface area (Å²) in [4.78, 5) is 20.5. The number of halogens is 4. The molecule has 1 aromatic carbocycles. The number of nitrogens with zero attached hydrogens (tertiary/aromatic N) is 2. The molecule has 0 aliphatic heterocycles. The van der Waals surface area contributed by atoms with Crippen LogP contribution in [0.2, 0.25) is 5.15 Å². The number of hydrogen-bond donors (Lipinski definition) is 1. The molecule has 1 saturated carbocycles. The van der Waals surface area contributed by atoms with Crippen LogP contribution in [0.3, 0.4) is 0 Å². The van der Waals surface area contributed by atoms with Crippen LogP contribution in [0.25, 0.3) is 11.1 Å². The van der Waals surface area contributed by atoms with E-state index in [2.05, 4.69) is 36.1 Å². The molecule has 3 unspecified atom stereocenters. The maximum atomic E-state index is 13.1. The lowest BCUT2D eigenvalue weighted by Gasteiger charge is -2.38. The average molecular weight is 560 g/mol. The number of benzene rings is 1. The first-order chi connectivity index (χ1) is 18.5. The van der Waals surface area contributed by atoms with E-state index in [9.17, 15) is 18.0 Å². The standard InChI is InChI=1S/C30H33ClF3N3O2/c1-5-39-28-15-20(14-27(31)37-28)24-16-21(36-29(38)19-10-11-35-26(13-19)30(32,33)34)7-9-23(24)25-12-18(4)6-8-22(25)17(2)3/h7,9-11,13-18,22,25H,5-6,8,12H2,1-4H3,(H,36,38). The minimum atomic E-state index is -4.64. The monoisotopic (exact) mass is 559 g/mol. The highest BCUT2D eigenvalue weighted by Gasteiger charge is 2.34. The molecule has 2 heterocycles. The van der Waals surface area contributed by atoms with E-state index >= 15 is 0 Å². The first-order valence-electron chi connectivity index (χ1n) is 13.3. The highest BCUT2D eigenvalue weighted by atomic mass is 35.5. The molecule has 1 aliphatic carbocycles. The number of anilines is 1. The number of amides is 1. The van der Waals surface area contributed by atoms with Crippen LogP contribution in [0.1, 0.15) is 74.5 Å². The van der Waals surface area contributed by atoms with Crippen LogP contribution in [0.4, 0.5) is 18.9 Å². The first kappa shape index (κ1) is 28.9. The summed E-state index contributed by atoms with van der Waals surface area (Å²) in [5.74, 6) is 1.59. The van der Waals surface area contributed by atoms with Gasteiger partial charge >= 0.3 is 6.18 Å². The normalized spacial score (nSPS) is 19.7. The van der Waals surface area contributed by atoms with Crippen LogP contribution in [0.15, 0.2) is 48.7 Å². The molecular weight excluding hydrogens is 527 g/mol. The van der Waals surface area contributed by atoms with Gasteiger partial charge in [0.05, 0.1) is 6.61 Å². The number of rotatable bonds is 7. The van der Waals surface area contributed by atoms with Crippen LogP contribution < -0.4 is 10.1 Å². The molecule has 1 aliphatic rings. The molecule has 5 nitrogen and oxygen atoms in total. The quantitative estimate of drug-likeness (QED) is 0.294. The predicted molar refractivity (Wildman–Crippen MR) is 147 cm³/mol. The van der Waals surface area contributed by atoms with Gasteiger partial charge in [-0.2, -0.15) is 13.2 Å². The molecule has 208 valence electrons. The van der Waals surface area contributed by atoms with Crippen molar-refractivity contribution >= 4 is 23.2 Å². The SMILES string of the molecule is CCOc1cc(-c2cc(NC(=O)c3ccnc(C(F)(F)F)c3)ccc2C2CC(C)CCC2C(C)C)cc(Cl)n1. The van der Waals surface area contributed by atoms with Crippen molar-refractivity contribution in [2.45, 2.75) is 59.1 Å². The highest BCUT2D eigenvalue weighted by Crippen LogP contribution is 2.47. The Balaban J connectivity index is 1.77. The number of hydrogen-bond acceptors (Lipinski definition) is 4. The lowest BCUT2D eigenvalue weighted by atomic mass is 9.66. The zero-order valence-electron chi connectivity index (χ0n) is 22.5. The summed E-state index contributed by atoms with van der Waals surface area (Å²) in [5.41, 5.74) is 2.04. The number of ether oxygens (including phenoxy) is 1. The van der Waals surface area contributed by atoms with Crippen molar-refractivity contribution in [3.8, 4) is 17.0 Å². The van der Waals surface area contributed by atoms with Gasteiger partial charge in [0.2, 0.25) is 5.88 Å².